The first-order valence-corrected chi connectivity index (χ1v) is 9.35. The van der Waals surface area contributed by atoms with Crippen LogP contribution in [-0.4, -0.2) is 34.9 Å². The van der Waals surface area contributed by atoms with E-state index in [1.807, 2.05) is 67.1 Å². The Morgan fingerprint density at radius 3 is 2.61 bits per heavy atom. The second-order valence-corrected chi connectivity index (χ2v) is 6.99. The van der Waals surface area contributed by atoms with Crippen molar-refractivity contribution in [1.29, 1.82) is 0 Å². The molecule has 1 atom stereocenters. The second kappa shape index (κ2) is 7.76. The van der Waals surface area contributed by atoms with E-state index in [1.165, 1.54) is 0 Å². The molecule has 28 heavy (non-hydrogen) atoms. The predicted molar refractivity (Wildman–Crippen MR) is 106 cm³/mol. The molecular formula is C22H23N3O3. The Labute approximate surface area is 164 Å². The molecule has 1 aliphatic heterocycles. The Bertz CT molecular complexity index is 979. The molecule has 3 aromatic rings. The average molecular weight is 377 g/mol. The highest BCUT2D eigenvalue weighted by molar-refractivity contribution is 5.94. The van der Waals surface area contributed by atoms with E-state index in [1.54, 1.807) is 0 Å². The molecule has 144 valence electrons. The fraction of sp³-hybridized carbons (Fsp3) is 0.273. The van der Waals surface area contributed by atoms with Crippen molar-refractivity contribution in [2.45, 2.75) is 26.5 Å². The summed E-state index contributed by atoms with van der Waals surface area (Å²) >= 11 is 0. The molecule has 0 aliphatic carbocycles. The van der Waals surface area contributed by atoms with Gasteiger partial charge in [-0.2, -0.15) is 5.10 Å². The number of amides is 1. The summed E-state index contributed by atoms with van der Waals surface area (Å²) in [6.07, 6.45) is -0.204. The van der Waals surface area contributed by atoms with E-state index in [0.717, 1.165) is 22.7 Å². The number of carbonyl (C=O) groups excluding carboxylic acids is 1. The monoisotopic (exact) mass is 377 g/mol. The van der Waals surface area contributed by atoms with E-state index in [4.69, 9.17) is 9.47 Å². The maximum Gasteiger partial charge on any atom is 0.251 e. The van der Waals surface area contributed by atoms with Crippen molar-refractivity contribution in [3.05, 3.63) is 77.1 Å². The quantitative estimate of drug-likeness (QED) is 0.742. The van der Waals surface area contributed by atoms with E-state index in [2.05, 4.69) is 16.5 Å². The van der Waals surface area contributed by atoms with Gasteiger partial charge in [0.1, 0.15) is 12.7 Å². The van der Waals surface area contributed by atoms with Crippen molar-refractivity contribution < 1.29 is 14.3 Å². The number of ether oxygens (including phenoxy) is 2. The van der Waals surface area contributed by atoms with E-state index in [-0.39, 0.29) is 12.0 Å². The predicted octanol–water partition coefficient (Wildman–Crippen LogP) is 3.12. The summed E-state index contributed by atoms with van der Waals surface area (Å²) in [6, 6.07) is 17.2. The van der Waals surface area contributed by atoms with Crippen LogP contribution >= 0.6 is 0 Å². The Morgan fingerprint density at radius 1 is 1.14 bits per heavy atom. The minimum Gasteiger partial charge on any atom is -0.486 e. The smallest absolute Gasteiger partial charge is 0.251 e. The molecule has 0 fully saturated rings. The molecule has 1 amide bonds. The molecule has 0 radical (unpaired) electrons. The van der Waals surface area contributed by atoms with Crippen LogP contribution in [0.4, 0.5) is 0 Å². The van der Waals surface area contributed by atoms with Gasteiger partial charge in [-0.15, -0.1) is 0 Å². The maximum atomic E-state index is 12.4. The maximum absolute atomic E-state index is 12.4. The first-order valence-electron chi connectivity index (χ1n) is 9.35. The van der Waals surface area contributed by atoms with Gasteiger partial charge in [-0.25, -0.2) is 0 Å². The molecule has 0 saturated heterocycles. The van der Waals surface area contributed by atoms with Crippen molar-refractivity contribution in [2.24, 2.45) is 0 Å². The first-order chi connectivity index (χ1) is 13.6. The number of aromatic nitrogens is 2. The highest BCUT2D eigenvalue weighted by atomic mass is 16.6. The lowest BCUT2D eigenvalue weighted by Crippen LogP contribution is -2.40. The largest absolute Gasteiger partial charge is 0.486 e. The molecule has 1 aromatic heterocycles. The Morgan fingerprint density at radius 2 is 1.89 bits per heavy atom. The van der Waals surface area contributed by atoms with Gasteiger partial charge in [0.2, 0.25) is 0 Å². The number of hydrogen-bond acceptors (Lipinski definition) is 4. The van der Waals surface area contributed by atoms with Gasteiger partial charge in [-0.05, 0) is 49.7 Å². The van der Waals surface area contributed by atoms with Gasteiger partial charge in [0, 0.05) is 11.3 Å². The second-order valence-electron chi connectivity index (χ2n) is 6.99. The van der Waals surface area contributed by atoms with Gasteiger partial charge >= 0.3 is 0 Å². The summed E-state index contributed by atoms with van der Waals surface area (Å²) in [5, 5.41) is 7.39. The number of benzene rings is 2. The third-order valence-corrected chi connectivity index (χ3v) is 4.71. The average Bonchev–Trinajstić information content (AvgIpc) is 3.03. The number of fused-ring (bicyclic) bond motifs is 1. The third kappa shape index (κ3) is 4.01. The summed E-state index contributed by atoms with van der Waals surface area (Å²) in [7, 11) is 0. The van der Waals surface area contributed by atoms with Crippen LogP contribution in [0.25, 0.3) is 0 Å². The summed E-state index contributed by atoms with van der Waals surface area (Å²) in [6.45, 7) is 5.52. The molecule has 0 bridgehead atoms. The van der Waals surface area contributed by atoms with Gasteiger partial charge < -0.3 is 14.8 Å². The van der Waals surface area contributed by atoms with Gasteiger partial charge in [0.05, 0.1) is 18.8 Å². The van der Waals surface area contributed by atoms with Gasteiger partial charge in [-0.1, -0.05) is 24.3 Å². The summed E-state index contributed by atoms with van der Waals surface area (Å²) < 4.78 is 13.5. The number of rotatable bonds is 5. The van der Waals surface area contributed by atoms with E-state index in [9.17, 15) is 4.79 Å². The third-order valence-electron chi connectivity index (χ3n) is 4.71. The number of aryl methyl sites for hydroxylation is 2. The number of carbonyl (C=O) groups is 1. The lowest BCUT2D eigenvalue weighted by Gasteiger charge is -2.26. The number of nitrogens with one attached hydrogen (secondary N) is 1. The number of hydrogen-bond donors (Lipinski definition) is 1. The van der Waals surface area contributed by atoms with Crippen LogP contribution in [0.3, 0.4) is 0 Å². The van der Waals surface area contributed by atoms with Crippen molar-refractivity contribution in [2.75, 3.05) is 13.2 Å². The zero-order chi connectivity index (χ0) is 19.5. The molecule has 1 aliphatic rings. The van der Waals surface area contributed by atoms with Crippen LogP contribution in [-0.2, 0) is 6.54 Å². The van der Waals surface area contributed by atoms with E-state index < -0.39 is 0 Å². The minimum absolute atomic E-state index is 0.125. The summed E-state index contributed by atoms with van der Waals surface area (Å²) in [5.74, 6) is 1.32. The van der Waals surface area contributed by atoms with Crippen LogP contribution in [0.1, 0.15) is 27.3 Å². The Hall–Kier alpha value is -3.28. The molecule has 4 rings (SSSR count). The minimum atomic E-state index is -0.204. The molecule has 6 heteroatoms. The summed E-state index contributed by atoms with van der Waals surface area (Å²) in [5.41, 5.74) is 3.85. The van der Waals surface area contributed by atoms with Gasteiger partial charge in [-0.3, -0.25) is 9.48 Å². The number of para-hydroxylation sites is 2. The lowest BCUT2D eigenvalue weighted by molar-refractivity contribution is 0.0789. The van der Waals surface area contributed by atoms with Crippen molar-refractivity contribution in [3.63, 3.8) is 0 Å². The molecule has 1 N–H and O–H groups in total. The zero-order valence-electron chi connectivity index (χ0n) is 16.0. The molecule has 2 heterocycles. The molecule has 0 spiro atoms. The molecular weight excluding hydrogens is 354 g/mol. The van der Waals surface area contributed by atoms with Crippen molar-refractivity contribution in [1.82, 2.24) is 15.1 Å². The lowest BCUT2D eigenvalue weighted by atomic mass is 10.1. The fourth-order valence-corrected chi connectivity index (χ4v) is 3.24. The van der Waals surface area contributed by atoms with Crippen molar-refractivity contribution >= 4 is 5.91 Å². The Balaban J connectivity index is 1.32. The standard InChI is InChI=1S/C22H23N3O3/c1-15-11-16(2)25(24-15)13-17-7-9-18(10-8-17)22(26)23-12-19-14-27-20-5-3-4-6-21(20)28-19/h3-11,19H,12-14H2,1-2H3,(H,23,26)/t19-/m1/s1. The summed E-state index contributed by atoms with van der Waals surface area (Å²) in [4.78, 5) is 12.4. The molecule has 0 unspecified atom stereocenters. The molecule has 6 nitrogen and oxygen atoms in total. The highest BCUT2D eigenvalue weighted by Crippen LogP contribution is 2.30. The zero-order valence-corrected chi connectivity index (χ0v) is 16.0. The molecule has 0 saturated carbocycles. The van der Waals surface area contributed by atoms with Crippen molar-refractivity contribution in [3.8, 4) is 11.5 Å². The normalized spacial score (nSPS) is 15.3. The van der Waals surface area contributed by atoms with Crippen LogP contribution in [0.2, 0.25) is 0 Å². The molecule has 2 aromatic carbocycles. The SMILES string of the molecule is Cc1cc(C)n(Cc2ccc(C(=O)NC[C@@H]3COc4ccccc4O3)cc2)n1. The highest BCUT2D eigenvalue weighted by Gasteiger charge is 2.21. The number of nitrogens with zero attached hydrogens (tertiary/aromatic N) is 2. The van der Waals surface area contributed by atoms with Crippen LogP contribution < -0.4 is 14.8 Å². The topological polar surface area (TPSA) is 65.4 Å². The van der Waals surface area contributed by atoms with E-state index >= 15 is 0 Å². The van der Waals surface area contributed by atoms with Gasteiger partial charge in [0.15, 0.2) is 11.5 Å². The first kappa shape index (κ1) is 18.1. The Kier molecular flexibility index (Phi) is 5.02. The van der Waals surface area contributed by atoms with Crippen LogP contribution in [0.15, 0.2) is 54.6 Å². The van der Waals surface area contributed by atoms with Crippen LogP contribution in [0, 0.1) is 13.8 Å². The van der Waals surface area contributed by atoms with Crippen LogP contribution in [0.5, 0.6) is 11.5 Å². The van der Waals surface area contributed by atoms with E-state index in [0.29, 0.717) is 31.0 Å². The van der Waals surface area contributed by atoms with Gasteiger partial charge in [0.25, 0.3) is 5.91 Å². The fourth-order valence-electron chi connectivity index (χ4n) is 3.24.